The molecule has 0 heterocycles. The maximum atomic E-state index is 14.6. The Morgan fingerprint density at radius 2 is 1.51 bits per heavy atom. The van der Waals surface area contributed by atoms with E-state index in [1.54, 1.807) is 54.6 Å². The first-order valence-corrected chi connectivity index (χ1v) is 17.0. The van der Waals surface area contributed by atoms with E-state index < -0.39 is 28.5 Å². The van der Waals surface area contributed by atoms with E-state index in [0.29, 0.717) is 23.7 Å². The molecule has 9 heteroatoms. The van der Waals surface area contributed by atoms with Crippen molar-refractivity contribution in [3.63, 3.8) is 0 Å². The van der Waals surface area contributed by atoms with E-state index in [0.717, 1.165) is 28.7 Å². The maximum Gasteiger partial charge on any atom is 0.264 e. The molecular formula is C36H40ClN3O4S. The van der Waals surface area contributed by atoms with Gasteiger partial charge in [-0.1, -0.05) is 104 Å². The van der Waals surface area contributed by atoms with Crippen molar-refractivity contribution >= 4 is 39.1 Å². The zero-order valence-corrected chi connectivity index (χ0v) is 27.5. The molecule has 236 valence electrons. The second-order valence-corrected chi connectivity index (χ2v) is 13.3. The molecule has 45 heavy (non-hydrogen) atoms. The quantitative estimate of drug-likeness (QED) is 0.168. The fourth-order valence-corrected chi connectivity index (χ4v) is 6.82. The fraction of sp³-hybridized carbons (Fsp3) is 0.278. The van der Waals surface area contributed by atoms with Crippen molar-refractivity contribution in [2.75, 3.05) is 17.4 Å². The number of halogens is 1. The molecule has 0 unspecified atom stereocenters. The third kappa shape index (κ3) is 8.74. The van der Waals surface area contributed by atoms with Crippen molar-refractivity contribution in [3.8, 4) is 0 Å². The Bertz CT molecular complexity index is 1700. The number of nitrogens with one attached hydrogen (secondary N) is 1. The Hall–Kier alpha value is -4.14. The number of aryl methyl sites for hydroxylation is 2. The van der Waals surface area contributed by atoms with Gasteiger partial charge in [0.15, 0.2) is 0 Å². The lowest BCUT2D eigenvalue weighted by Crippen LogP contribution is -2.53. The molecule has 0 saturated carbocycles. The van der Waals surface area contributed by atoms with Crippen LogP contribution in [0.2, 0.25) is 5.02 Å². The van der Waals surface area contributed by atoms with E-state index in [2.05, 4.69) is 5.32 Å². The summed E-state index contributed by atoms with van der Waals surface area (Å²) in [6.07, 6.45) is 1.54. The Labute approximate surface area is 271 Å². The normalized spacial score (nSPS) is 11.9. The lowest BCUT2D eigenvalue weighted by molar-refractivity contribution is -0.140. The van der Waals surface area contributed by atoms with Crippen molar-refractivity contribution in [1.82, 2.24) is 10.2 Å². The molecule has 4 aromatic rings. The first-order valence-electron chi connectivity index (χ1n) is 15.2. The minimum atomic E-state index is -4.17. The van der Waals surface area contributed by atoms with Crippen LogP contribution in [0.5, 0.6) is 0 Å². The number of rotatable bonds is 14. The fourth-order valence-electron chi connectivity index (χ4n) is 5.16. The summed E-state index contributed by atoms with van der Waals surface area (Å²) in [5.41, 5.74) is 3.72. The molecule has 0 aliphatic rings. The van der Waals surface area contributed by atoms with Gasteiger partial charge < -0.3 is 10.2 Å². The van der Waals surface area contributed by atoms with Crippen LogP contribution in [0.25, 0.3) is 0 Å². The Morgan fingerprint density at radius 3 is 2.18 bits per heavy atom. The van der Waals surface area contributed by atoms with Crippen LogP contribution in [0.3, 0.4) is 0 Å². The Morgan fingerprint density at radius 1 is 0.844 bits per heavy atom. The summed E-state index contributed by atoms with van der Waals surface area (Å²) >= 11 is 6.31. The van der Waals surface area contributed by atoms with Crippen molar-refractivity contribution in [1.29, 1.82) is 0 Å². The minimum Gasteiger partial charge on any atom is -0.354 e. The minimum absolute atomic E-state index is 0.0598. The van der Waals surface area contributed by atoms with Crippen molar-refractivity contribution < 1.29 is 18.0 Å². The van der Waals surface area contributed by atoms with Crippen LogP contribution in [-0.2, 0) is 39.0 Å². The van der Waals surface area contributed by atoms with E-state index >= 15 is 0 Å². The van der Waals surface area contributed by atoms with Crippen LogP contribution < -0.4 is 9.62 Å². The Kier molecular flexibility index (Phi) is 11.8. The highest BCUT2D eigenvalue weighted by atomic mass is 35.5. The average molecular weight is 646 g/mol. The molecule has 2 amide bonds. The summed E-state index contributed by atoms with van der Waals surface area (Å²) < 4.78 is 29.7. The number of amides is 2. The van der Waals surface area contributed by atoms with Gasteiger partial charge in [-0.3, -0.25) is 13.9 Å². The van der Waals surface area contributed by atoms with Crippen LogP contribution >= 0.6 is 11.6 Å². The third-order valence-corrected chi connectivity index (χ3v) is 9.60. The van der Waals surface area contributed by atoms with Crippen LogP contribution in [-0.4, -0.2) is 44.3 Å². The van der Waals surface area contributed by atoms with Crippen LogP contribution in [0.15, 0.2) is 108 Å². The average Bonchev–Trinajstić information content (AvgIpc) is 3.04. The summed E-state index contributed by atoms with van der Waals surface area (Å²) in [5, 5.41) is 3.45. The summed E-state index contributed by atoms with van der Waals surface area (Å²) in [4.78, 5) is 29.9. The second-order valence-electron chi connectivity index (χ2n) is 11.0. The highest BCUT2D eigenvalue weighted by molar-refractivity contribution is 7.92. The molecule has 0 aliphatic heterocycles. The van der Waals surface area contributed by atoms with E-state index in [1.165, 1.54) is 9.21 Å². The Balaban J connectivity index is 1.82. The molecule has 4 rings (SSSR count). The number of para-hydroxylation sites is 1. The third-order valence-electron chi connectivity index (χ3n) is 7.59. The first kappa shape index (κ1) is 33.7. The van der Waals surface area contributed by atoms with Gasteiger partial charge in [-0.25, -0.2) is 8.42 Å². The van der Waals surface area contributed by atoms with Gasteiger partial charge in [0.25, 0.3) is 10.0 Å². The van der Waals surface area contributed by atoms with Gasteiger partial charge in [0.05, 0.1) is 10.6 Å². The summed E-state index contributed by atoms with van der Waals surface area (Å²) in [6, 6.07) is 29.4. The number of hydrogen-bond acceptors (Lipinski definition) is 4. The zero-order chi connectivity index (χ0) is 32.4. The zero-order valence-electron chi connectivity index (χ0n) is 25.9. The summed E-state index contributed by atoms with van der Waals surface area (Å²) in [5.74, 6) is -0.817. The predicted octanol–water partition coefficient (Wildman–Crippen LogP) is 6.57. The molecule has 7 nitrogen and oxygen atoms in total. The summed E-state index contributed by atoms with van der Waals surface area (Å²) in [7, 11) is -4.17. The van der Waals surface area contributed by atoms with Crippen molar-refractivity contribution in [3.05, 3.63) is 130 Å². The van der Waals surface area contributed by atoms with Gasteiger partial charge in [0.1, 0.15) is 12.6 Å². The number of carbonyl (C=O) groups excluding carboxylic acids is 2. The number of sulfonamides is 1. The van der Waals surface area contributed by atoms with Gasteiger partial charge in [-0.2, -0.15) is 0 Å². The lowest BCUT2D eigenvalue weighted by atomic mass is 10.0. The molecule has 0 bridgehead atoms. The maximum absolute atomic E-state index is 14.6. The molecule has 0 radical (unpaired) electrons. The molecule has 0 aromatic heterocycles. The van der Waals surface area contributed by atoms with E-state index in [9.17, 15) is 18.0 Å². The van der Waals surface area contributed by atoms with E-state index in [4.69, 9.17) is 11.6 Å². The summed E-state index contributed by atoms with van der Waals surface area (Å²) in [6.45, 7) is 5.79. The first-order chi connectivity index (χ1) is 21.6. The van der Waals surface area contributed by atoms with Crippen LogP contribution in [0.4, 0.5) is 5.69 Å². The van der Waals surface area contributed by atoms with Gasteiger partial charge in [0.2, 0.25) is 11.8 Å². The number of benzene rings is 4. The molecule has 4 aromatic carbocycles. The molecule has 0 aliphatic carbocycles. The number of hydrogen-bond donors (Lipinski definition) is 1. The monoisotopic (exact) mass is 645 g/mol. The number of carbonyl (C=O) groups is 2. The van der Waals surface area contributed by atoms with Crippen molar-refractivity contribution in [2.45, 2.75) is 57.5 Å². The predicted molar refractivity (Wildman–Crippen MR) is 181 cm³/mol. The second kappa shape index (κ2) is 15.7. The topological polar surface area (TPSA) is 86.8 Å². The molecule has 0 spiro atoms. The smallest absolute Gasteiger partial charge is 0.264 e. The standard InChI is InChI=1S/C36H40ClN3O4S/c1-4-22-38-36(42)34(24-28-12-7-6-8-13-28)39(25-29-14-11-16-31(37)23-29)35(41)26-40(33-17-10-9-15-30(33)5-2)45(43,44)32-20-18-27(3)19-21-32/h6-21,23,34H,4-5,22,24-26H2,1-3H3,(H,38,42)/t34-/m1/s1. The van der Waals surface area contributed by atoms with Gasteiger partial charge in [-0.15, -0.1) is 0 Å². The lowest BCUT2D eigenvalue weighted by Gasteiger charge is -2.34. The molecular weight excluding hydrogens is 606 g/mol. The van der Waals surface area contributed by atoms with E-state index in [-0.39, 0.29) is 23.8 Å². The highest BCUT2D eigenvalue weighted by Gasteiger charge is 2.35. The van der Waals surface area contributed by atoms with Gasteiger partial charge >= 0.3 is 0 Å². The molecule has 0 fully saturated rings. The van der Waals surface area contributed by atoms with E-state index in [1.807, 2.05) is 69.3 Å². The molecule has 1 atom stereocenters. The SMILES string of the molecule is CCCNC(=O)[C@@H](Cc1ccccc1)N(Cc1cccc(Cl)c1)C(=O)CN(c1ccccc1CC)S(=O)(=O)c1ccc(C)cc1. The number of nitrogens with zero attached hydrogens (tertiary/aromatic N) is 2. The van der Waals surface area contributed by atoms with Crippen LogP contribution in [0.1, 0.15) is 42.5 Å². The highest BCUT2D eigenvalue weighted by Crippen LogP contribution is 2.29. The van der Waals surface area contributed by atoms with Crippen molar-refractivity contribution in [2.24, 2.45) is 0 Å². The van der Waals surface area contributed by atoms with Gasteiger partial charge in [-0.05, 0) is 66.8 Å². The number of anilines is 1. The van der Waals surface area contributed by atoms with Gasteiger partial charge in [0, 0.05) is 24.5 Å². The largest absolute Gasteiger partial charge is 0.354 e. The van der Waals surface area contributed by atoms with Crippen LogP contribution in [0, 0.1) is 6.92 Å². The molecule has 0 saturated heterocycles. The molecule has 1 N–H and O–H groups in total.